The number of aromatic carboxylic acids is 1. The Hall–Kier alpha value is -3.13. The lowest BCUT2D eigenvalue weighted by atomic mass is 10.0. The van der Waals surface area contributed by atoms with E-state index in [0.717, 1.165) is 4.47 Å². The van der Waals surface area contributed by atoms with Gasteiger partial charge in [0.25, 0.3) is 5.91 Å². The van der Waals surface area contributed by atoms with Crippen molar-refractivity contribution in [3.63, 3.8) is 0 Å². The van der Waals surface area contributed by atoms with E-state index >= 15 is 0 Å². The standard InChI is InChI=1S/C17H10BrN3O4/c18-10-3-1-2-8-12(16(22)20-13(8)10)15-14(21-25)9-6-7(17(23)24)4-5-11(9)19-15/h1-6,19,25H,(H,20,22)(H,23,24)/b15-12-,21-14+. The van der Waals surface area contributed by atoms with Gasteiger partial charge in [-0.25, -0.2) is 4.79 Å². The van der Waals surface area contributed by atoms with E-state index in [1.54, 1.807) is 18.2 Å². The van der Waals surface area contributed by atoms with Gasteiger partial charge in [0.05, 0.1) is 22.5 Å². The van der Waals surface area contributed by atoms with Crippen molar-refractivity contribution in [1.29, 1.82) is 0 Å². The Morgan fingerprint density at radius 3 is 2.64 bits per heavy atom. The van der Waals surface area contributed by atoms with Crippen molar-refractivity contribution < 1.29 is 19.9 Å². The Bertz CT molecular complexity index is 1030. The highest BCUT2D eigenvalue weighted by Crippen LogP contribution is 2.41. The zero-order chi connectivity index (χ0) is 17.7. The molecule has 2 aliphatic heterocycles. The molecule has 2 aromatic carbocycles. The maximum Gasteiger partial charge on any atom is 0.335 e. The third-order valence-corrected chi connectivity index (χ3v) is 4.78. The van der Waals surface area contributed by atoms with E-state index in [2.05, 4.69) is 31.7 Å². The molecule has 0 spiro atoms. The number of carboxylic acid groups (broad SMARTS) is 1. The van der Waals surface area contributed by atoms with Crippen LogP contribution in [-0.4, -0.2) is 27.9 Å². The molecule has 1 amide bonds. The molecule has 0 radical (unpaired) electrons. The number of nitrogens with zero attached hydrogens (tertiary/aromatic N) is 1. The van der Waals surface area contributed by atoms with Crippen molar-refractivity contribution in [2.45, 2.75) is 0 Å². The molecule has 0 saturated carbocycles. The Balaban J connectivity index is 1.93. The maximum absolute atomic E-state index is 12.5. The van der Waals surface area contributed by atoms with Crippen LogP contribution >= 0.6 is 15.9 Å². The quantitative estimate of drug-likeness (QED) is 0.334. The number of hydrogen-bond donors (Lipinski definition) is 4. The zero-order valence-electron chi connectivity index (χ0n) is 12.5. The highest BCUT2D eigenvalue weighted by atomic mass is 79.9. The largest absolute Gasteiger partial charge is 0.478 e. The topological polar surface area (TPSA) is 111 Å². The van der Waals surface area contributed by atoms with Crippen LogP contribution in [-0.2, 0) is 4.79 Å². The second-order valence-corrected chi connectivity index (χ2v) is 6.36. The van der Waals surface area contributed by atoms with Crippen LogP contribution in [0.2, 0.25) is 0 Å². The third-order valence-electron chi connectivity index (χ3n) is 4.12. The Morgan fingerprint density at radius 1 is 1.12 bits per heavy atom. The number of hydrogen-bond acceptors (Lipinski definition) is 5. The molecule has 2 aromatic rings. The highest BCUT2D eigenvalue weighted by molar-refractivity contribution is 9.10. The van der Waals surface area contributed by atoms with Gasteiger partial charge in [0.1, 0.15) is 5.71 Å². The van der Waals surface area contributed by atoms with Crippen LogP contribution in [0.4, 0.5) is 11.4 Å². The monoisotopic (exact) mass is 399 g/mol. The second kappa shape index (κ2) is 5.45. The summed E-state index contributed by atoms with van der Waals surface area (Å²) in [5.41, 5.74) is 3.12. The second-order valence-electron chi connectivity index (χ2n) is 5.51. The molecular weight excluding hydrogens is 390 g/mol. The van der Waals surface area contributed by atoms with Gasteiger partial charge in [-0.05, 0) is 40.2 Å². The van der Waals surface area contributed by atoms with Crippen LogP contribution in [0.25, 0.3) is 5.57 Å². The number of amides is 1. The Kier molecular flexibility index (Phi) is 3.36. The van der Waals surface area contributed by atoms with E-state index in [0.29, 0.717) is 33.8 Å². The van der Waals surface area contributed by atoms with E-state index in [1.165, 1.54) is 12.1 Å². The van der Waals surface area contributed by atoms with Gasteiger partial charge in [-0.2, -0.15) is 0 Å². The van der Waals surface area contributed by atoms with Crippen LogP contribution in [0.3, 0.4) is 0 Å². The molecule has 2 heterocycles. The number of oxime groups is 1. The summed E-state index contributed by atoms with van der Waals surface area (Å²) in [6.45, 7) is 0. The van der Waals surface area contributed by atoms with Gasteiger partial charge in [-0.15, -0.1) is 0 Å². The summed E-state index contributed by atoms with van der Waals surface area (Å²) in [6, 6.07) is 9.81. The number of carboxylic acids is 1. The first-order valence-corrected chi connectivity index (χ1v) is 8.02. The van der Waals surface area contributed by atoms with E-state index in [1.807, 2.05) is 6.07 Å². The first-order valence-electron chi connectivity index (χ1n) is 7.23. The number of carbonyl (C=O) groups excluding carboxylic acids is 1. The van der Waals surface area contributed by atoms with Gasteiger partial charge in [-0.1, -0.05) is 17.3 Å². The summed E-state index contributed by atoms with van der Waals surface area (Å²) >= 11 is 3.39. The van der Waals surface area contributed by atoms with Gasteiger partial charge in [0, 0.05) is 21.3 Å². The van der Waals surface area contributed by atoms with Gasteiger partial charge in [0.2, 0.25) is 0 Å². The number of rotatable bonds is 1. The fourth-order valence-corrected chi connectivity index (χ4v) is 3.47. The van der Waals surface area contributed by atoms with Crippen LogP contribution in [0.15, 0.2) is 51.7 Å². The lowest BCUT2D eigenvalue weighted by Gasteiger charge is -2.05. The molecule has 0 atom stereocenters. The Labute approximate surface area is 149 Å². The fraction of sp³-hybridized carbons (Fsp3) is 0. The fourth-order valence-electron chi connectivity index (χ4n) is 3.00. The molecule has 2 aliphatic rings. The van der Waals surface area contributed by atoms with E-state index < -0.39 is 5.97 Å². The summed E-state index contributed by atoms with van der Waals surface area (Å²) in [5.74, 6) is -1.43. The predicted octanol–water partition coefficient (Wildman–Crippen LogP) is 3.11. The van der Waals surface area contributed by atoms with Crippen LogP contribution in [0.5, 0.6) is 0 Å². The summed E-state index contributed by atoms with van der Waals surface area (Å²) in [6.07, 6.45) is 0. The number of para-hydroxylation sites is 1. The number of benzene rings is 2. The SMILES string of the molecule is O=C1Nc2c(Br)cccc2/C1=C1/Nc2ccc(C(=O)O)cc2/C1=N\O. The minimum absolute atomic E-state index is 0.0620. The molecule has 0 bridgehead atoms. The predicted molar refractivity (Wildman–Crippen MR) is 95.0 cm³/mol. The lowest BCUT2D eigenvalue weighted by Crippen LogP contribution is -2.12. The van der Waals surface area contributed by atoms with Crippen molar-refractivity contribution in [2.24, 2.45) is 5.16 Å². The van der Waals surface area contributed by atoms with Crippen LogP contribution in [0.1, 0.15) is 21.5 Å². The lowest BCUT2D eigenvalue weighted by molar-refractivity contribution is -0.110. The summed E-state index contributed by atoms with van der Waals surface area (Å²) in [5, 5.41) is 27.8. The minimum atomic E-state index is -1.09. The van der Waals surface area contributed by atoms with E-state index in [4.69, 9.17) is 5.11 Å². The van der Waals surface area contributed by atoms with Crippen LogP contribution < -0.4 is 10.6 Å². The van der Waals surface area contributed by atoms with Gasteiger partial charge in [0.15, 0.2) is 0 Å². The number of carbonyl (C=O) groups is 2. The maximum atomic E-state index is 12.5. The average molecular weight is 400 g/mol. The molecule has 0 unspecified atom stereocenters. The van der Waals surface area contributed by atoms with Crippen molar-refractivity contribution in [1.82, 2.24) is 0 Å². The molecule has 7 nitrogen and oxygen atoms in total. The Morgan fingerprint density at radius 2 is 1.92 bits per heavy atom. The van der Waals surface area contributed by atoms with Gasteiger partial charge < -0.3 is 20.9 Å². The molecule has 124 valence electrons. The van der Waals surface area contributed by atoms with Crippen LogP contribution in [0, 0.1) is 0 Å². The van der Waals surface area contributed by atoms with Gasteiger partial charge in [-0.3, -0.25) is 4.79 Å². The number of nitrogens with one attached hydrogen (secondary N) is 2. The van der Waals surface area contributed by atoms with Crippen molar-refractivity contribution in [3.8, 4) is 0 Å². The third kappa shape index (κ3) is 2.22. The summed E-state index contributed by atoms with van der Waals surface area (Å²) in [4.78, 5) is 23.7. The molecule has 0 saturated heterocycles. The average Bonchev–Trinajstić information content (AvgIpc) is 3.11. The van der Waals surface area contributed by atoms with Crippen molar-refractivity contribution in [2.75, 3.05) is 10.6 Å². The molecular formula is C17H10BrN3O4. The first-order chi connectivity index (χ1) is 12.0. The molecule has 0 fully saturated rings. The number of anilines is 2. The van der Waals surface area contributed by atoms with E-state index in [9.17, 15) is 14.8 Å². The molecule has 0 aliphatic carbocycles. The molecule has 4 rings (SSSR count). The number of halogens is 1. The number of fused-ring (bicyclic) bond motifs is 2. The highest BCUT2D eigenvalue weighted by Gasteiger charge is 2.35. The molecule has 4 N–H and O–H groups in total. The smallest absolute Gasteiger partial charge is 0.335 e. The molecule has 25 heavy (non-hydrogen) atoms. The van der Waals surface area contributed by atoms with Gasteiger partial charge >= 0.3 is 5.97 Å². The molecule has 8 heteroatoms. The summed E-state index contributed by atoms with van der Waals surface area (Å²) < 4.78 is 0.736. The van der Waals surface area contributed by atoms with Crippen molar-refractivity contribution in [3.05, 3.63) is 63.3 Å². The zero-order valence-corrected chi connectivity index (χ0v) is 14.1. The molecule has 0 aromatic heterocycles. The van der Waals surface area contributed by atoms with Crippen molar-refractivity contribution >= 4 is 50.5 Å². The first kappa shape index (κ1) is 15.4. The summed E-state index contributed by atoms with van der Waals surface area (Å²) in [7, 11) is 0. The normalized spacial score (nSPS) is 19.4. The van der Waals surface area contributed by atoms with E-state index in [-0.39, 0.29) is 17.2 Å². The minimum Gasteiger partial charge on any atom is -0.478 e. The number of allylic oxidation sites excluding steroid dienone is 1.